The monoisotopic (exact) mass is 478 g/mol. The van der Waals surface area contributed by atoms with Crippen LogP contribution in [-0.2, 0) is 6.18 Å². The van der Waals surface area contributed by atoms with E-state index < -0.39 is 57.8 Å². The molecule has 3 aromatic rings. The van der Waals surface area contributed by atoms with Crippen molar-refractivity contribution in [2.75, 3.05) is 5.32 Å². The van der Waals surface area contributed by atoms with Crippen molar-refractivity contribution in [2.45, 2.75) is 13.1 Å². The van der Waals surface area contributed by atoms with Crippen molar-refractivity contribution in [3.8, 4) is 17.6 Å². The van der Waals surface area contributed by atoms with Crippen LogP contribution in [0.2, 0.25) is 0 Å². The molecule has 0 radical (unpaired) electrons. The number of nitrogens with one attached hydrogen (secondary N) is 1. The van der Waals surface area contributed by atoms with Gasteiger partial charge < -0.3 is 10.1 Å². The highest BCUT2D eigenvalue weighted by Gasteiger charge is 2.37. The van der Waals surface area contributed by atoms with Crippen LogP contribution >= 0.6 is 0 Å². The fraction of sp³-hybridized carbons (Fsp3) is 0.0870. The van der Waals surface area contributed by atoms with E-state index in [2.05, 4.69) is 5.32 Å². The molecule has 5 nitrogen and oxygen atoms in total. The first-order valence-electron chi connectivity index (χ1n) is 9.31. The second kappa shape index (κ2) is 9.27. The van der Waals surface area contributed by atoms with E-state index in [-0.39, 0.29) is 17.0 Å². The average Bonchev–Trinajstić information content (AvgIpc) is 2.75. The Bertz CT molecular complexity index is 1350. The first kappa shape index (κ1) is 24.3. The molecule has 0 fully saturated rings. The number of amides is 1. The number of nitrogens with zero attached hydrogens (tertiary/aromatic N) is 1. The van der Waals surface area contributed by atoms with Gasteiger partial charge in [0, 0.05) is 5.69 Å². The molecule has 0 unspecified atom stereocenters. The van der Waals surface area contributed by atoms with Crippen LogP contribution in [-0.4, -0.2) is 11.7 Å². The normalized spacial score (nSPS) is 11.0. The van der Waals surface area contributed by atoms with E-state index in [0.717, 1.165) is 43.3 Å². The SMILES string of the molecule is CC(=O)c1cc(NC(=O)c2c(Oc3ccc(F)cc3C#N)ccc(C(F)(F)F)c2F)ccc1F. The molecule has 0 aliphatic heterocycles. The zero-order valence-corrected chi connectivity index (χ0v) is 17.1. The van der Waals surface area contributed by atoms with E-state index in [0.29, 0.717) is 12.1 Å². The maximum Gasteiger partial charge on any atom is 0.419 e. The summed E-state index contributed by atoms with van der Waals surface area (Å²) in [6.45, 7) is 1.05. The number of ether oxygens (including phenoxy) is 1. The van der Waals surface area contributed by atoms with Crippen LogP contribution in [0.25, 0.3) is 0 Å². The number of hydrogen-bond donors (Lipinski definition) is 1. The van der Waals surface area contributed by atoms with Gasteiger partial charge in [0.2, 0.25) is 0 Å². The summed E-state index contributed by atoms with van der Waals surface area (Å²) in [5.74, 6) is -6.85. The van der Waals surface area contributed by atoms with Crippen LogP contribution in [0.15, 0.2) is 48.5 Å². The van der Waals surface area contributed by atoms with Crippen LogP contribution in [0.5, 0.6) is 11.5 Å². The number of carbonyl (C=O) groups excluding carboxylic acids is 2. The van der Waals surface area contributed by atoms with Gasteiger partial charge in [-0.15, -0.1) is 0 Å². The van der Waals surface area contributed by atoms with Crippen LogP contribution < -0.4 is 10.1 Å². The molecule has 0 aromatic heterocycles. The summed E-state index contributed by atoms with van der Waals surface area (Å²) < 4.78 is 87.1. The van der Waals surface area contributed by atoms with Gasteiger partial charge in [0.1, 0.15) is 34.8 Å². The summed E-state index contributed by atoms with van der Waals surface area (Å²) in [6.07, 6.45) is -5.16. The molecule has 0 atom stereocenters. The van der Waals surface area contributed by atoms with Crippen LogP contribution in [0.1, 0.15) is 38.8 Å². The predicted octanol–water partition coefficient (Wildman–Crippen LogP) is 6.24. The van der Waals surface area contributed by atoms with Crippen molar-refractivity contribution in [3.05, 3.63) is 88.2 Å². The van der Waals surface area contributed by atoms with Crippen molar-refractivity contribution in [3.63, 3.8) is 0 Å². The van der Waals surface area contributed by atoms with Crippen molar-refractivity contribution >= 4 is 17.4 Å². The van der Waals surface area contributed by atoms with Crippen LogP contribution in [0.3, 0.4) is 0 Å². The van der Waals surface area contributed by atoms with E-state index in [1.807, 2.05) is 0 Å². The molecule has 3 aromatic carbocycles. The highest BCUT2D eigenvalue weighted by atomic mass is 19.4. The Morgan fingerprint density at radius 2 is 1.65 bits per heavy atom. The minimum Gasteiger partial charge on any atom is -0.455 e. The third-order valence-electron chi connectivity index (χ3n) is 4.52. The number of anilines is 1. The number of rotatable bonds is 5. The van der Waals surface area contributed by atoms with Gasteiger partial charge >= 0.3 is 6.18 Å². The number of hydrogen-bond acceptors (Lipinski definition) is 4. The first-order chi connectivity index (χ1) is 15.9. The summed E-state index contributed by atoms with van der Waals surface area (Å²) in [5.41, 5.74) is -3.94. The minimum atomic E-state index is -5.16. The van der Waals surface area contributed by atoms with Gasteiger partial charge in [0.15, 0.2) is 11.6 Å². The van der Waals surface area contributed by atoms with E-state index >= 15 is 0 Å². The lowest BCUT2D eigenvalue weighted by Gasteiger charge is -2.16. The van der Waals surface area contributed by atoms with Crippen molar-refractivity contribution in [1.82, 2.24) is 0 Å². The Labute approximate surface area is 188 Å². The Balaban J connectivity index is 2.10. The van der Waals surface area contributed by atoms with Crippen LogP contribution in [0, 0.1) is 28.8 Å². The topological polar surface area (TPSA) is 79.2 Å². The number of Topliss-reactive ketones (excluding diaryl/α,β-unsaturated/α-hetero) is 1. The highest BCUT2D eigenvalue weighted by Crippen LogP contribution is 2.38. The second-order valence-electron chi connectivity index (χ2n) is 6.86. The standard InChI is InChI=1S/C23H12F6N2O3/c1-11(32)15-9-14(3-5-17(15)25)31-22(33)20-19(7-4-16(21(20)26)23(27,28)29)34-18-6-2-13(24)8-12(18)10-30/h2-9H,1H3,(H,31,33). The molecular weight excluding hydrogens is 466 g/mol. The molecule has 34 heavy (non-hydrogen) atoms. The smallest absolute Gasteiger partial charge is 0.419 e. The van der Waals surface area contributed by atoms with Gasteiger partial charge in [-0.25, -0.2) is 13.2 Å². The fourth-order valence-corrected chi connectivity index (χ4v) is 2.94. The number of nitriles is 1. The summed E-state index contributed by atoms with van der Waals surface area (Å²) in [7, 11) is 0. The third-order valence-corrected chi connectivity index (χ3v) is 4.52. The second-order valence-corrected chi connectivity index (χ2v) is 6.86. The predicted molar refractivity (Wildman–Crippen MR) is 107 cm³/mol. The summed E-state index contributed by atoms with van der Waals surface area (Å²) in [4.78, 5) is 24.3. The van der Waals surface area contributed by atoms with Crippen LogP contribution in [0.4, 0.5) is 32.0 Å². The molecule has 3 rings (SSSR count). The molecule has 0 heterocycles. The molecule has 0 bridgehead atoms. The molecule has 0 aliphatic carbocycles. The Morgan fingerprint density at radius 1 is 0.971 bits per heavy atom. The quantitative estimate of drug-likeness (QED) is 0.348. The van der Waals surface area contributed by atoms with Gasteiger partial charge in [-0.05, 0) is 55.5 Å². The van der Waals surface area contributed by atoms with Crippen molar-refractivity contribution < 1.29 is 40.7 Å². The molecule has 0 saturated heterocycles. The van der Waals surface area contributed by atoms with E-state index in [9.17, 15) is 35.9 Å². The molecule has 0 saturated carbocycles. The summed E-state index contributed by atoms with van der Waals surface area (Å²) >= 11 is 0. The van der Waals surface area contributed by atoms with Gasteiger partial charge in [0.05, 0.1) is 16.7 Å². The molecule has 0 aliphatic rings. The Hall–Kier alpha value is -4.33. The average molecular weight is 478 g/mol. The first-order valence-corrected chi connectivity index (χ1v) is 9.31. The lowest BCUT2D eigenvalue weighted by Crippen LogP contribution is -2.19. The Morgan fingerprint density at radius 3 is 2.26 bits per heavy atom. The summed E-state index contributed by atoms with van der Waals surface area (Å²) in [5, 5.41) is 11.2. The van der Waals surface area contributed by atoms with Crippen molar-refractivity contribution in [2.24, 2.45) is 0 Å². The van der Waals surface area contributed by atoms with Gasteiger partial charge in [-0.2, -0.15) is 18.4 Å². The Kier molecular flexibility index (Phi) is 6.63. The van der Waals surface area contributed by atoms with Gasteiger partial charge in [-0.1, -0.05) is 0 Å². The molecule has 11 heteroatoms. The molecular formula is C23H12F6N2O3. The lowest BCUT2D eigenvalue weighted by atomic mass is 10.1. The van der Waals surface area contributed by atoms with E-state index in [4.69, 9.17) is 10.00 Å². The zero-order valence-electron chi connectivity index (χ0n) is 17.1. The molecule has 0 spiro atoms. The van der Waals surface area contributed by atoms with Crippen molar-refractivity contribution in [1.29, 1.82) is 5.26 Å². The number of carbonyl (C=O) groups is 2. The van der Waals surface area contributed by atoms with Gasteiger partial charge in [-0.3, -0.25) is 9.59 Å². The minimum absolute atomic E-state index is 0.209. The lowest BCUT2D eigenvalue weighted by molar-refractivity contribution is -0.140. The van der Waals surface area contributed by atoms with Gasteiger partial charge in [0.25, 0.3) is 5.91 Å². The molecule has 1 N–H and O–H groups in total. The third kappa shape index (κ3) is 5.01. The number of ketones is 1. The maximum absolute atomic E-state index is 14.9. The molecule has 1 amide bonds. The van der Waals surface area contributed by atoms with E-state index in [1.54, 1.807) is 6.07 Å². The molecule has 174 valence electrons. The summed E-state index contributed by atoms with van der Waals surface area (Å²) in [6, 6.07) is 8.03. The highest BCUT2D eigenvalue weighted by molar-refractivity contribution is 6.07. The van der Waals surface area contributed by atoms with E-state index in [1.165, 1.54) is 0 Å². The zero-order chi connectivity index (χ0) is 25.2. The fourth-order valence-electron chi connectivity index (χ4n) is 2.94. The number of alkyl halides is 3. The maximum atomic E-state index is 14.9. The number of halogens is 6. The largest absolute Gasteiger partial charge is 0.455 e. The number of benzene rings is 3.